The fourth-order valence-electron chi connectivity index (χ4n) is 6.42. The lowest BCUT2D eigenvalue weighted by atomic mass is 10.1. The maximum absolute atomic E-state index is 5.93. The number of aryl methyl sites for hydroxylation is 2. The first-order chi connectivity index (χ1) is 14.9. The molecule has 0 heterocycles. The normalized spacial score (nSPS) is 22.2. The molecule has 168 valence electrons. The fraction of sp³-hybridized carbons (Fsp3) is 0.586. The number of ether oxygens (including phenoxy) is 1. The van der Waals surface area contributed by atoms with E-state index in [1.807, 2.05) is 0 Å². The molecule has 2 atom stereocenters. The molecule has 2 unspecified atom stereocenters. The summed E-state index contributed by atoms with van der Waals surface area (Å²) in [5.74, 6) is 0. The monoisotopic (exact) mass is 434 g/mol. The lowest BCUT2D eigenvalue weighted by Gasteiger charge is -2.40. The Kier molecular flexibility index (Phi) is 7.08. The molecule has 4 rings (SSSR count). The molecule has 2 aliphatic rings. The van der Waals surface area contributed by atoms with Crippen molar-refractivity contribution < 1.29 is 4.74 Å². The molecular weight excluding hydrogens is 392 g/mol. The van der Waals surface area contributed by atoms with Gasteiger partial charge < -0.3 is 4.74 Å². The molecule has 0 aliphatic heterocycles. The van der Waals surface area contributed by atoms with Crippen LogP contribution in [0, 0.1) is 0 Å². The quantitative estimate of drug-likeness (QED) is 0.287. The topological polar surface area (TPSA) is 9.23 Å². The third-order valence-electron chi connectivity index (χ3n) is 8.00. The van der Waals surface area contributed by atoms with E-state index in [9.17, 15) is 0 Å². The maximum atomic E-state index is 5.93. The average molecular weight is 435 g/mol. The second-order valence-electron chi connectivity index (χ2n) is 11.2. The summed E-state index contributed by atoms with van der Waals surface area (Å²) in [6.07, 6.45) is 10.6. The molecule has 1 nitrogen and oxygen atoms in total. The molecule has 0 N–H and O–H groups in total. The first kappa shape index (κ1) is 22.8. The van der Waals surface area contributed by atoms with Crippen LogP contribution in [-0.4, -0.2) is 20.3 Å². The molecule has 0 fully saturated rings. The van der Waals surface area contributed by atoms with Crippen molar-refractivity contribution in [3.8, 4) is 0 Å². The molecule has 0 saturated heterocycles. The zero-order chi connectivity index (χ0) is 21.9. The van der Waals surface area contributed by atoms with Crippen LogP contribution in [0.5, 0.6) is 0 Å². The van der Waals surface area contributed by atoms with Gasteiger partial charge in [0.25, 0.3) is 0 Å². The van der Waals surface area contributed by atoms with E-state index in [0.29, 0.717) is 0 Å². The van der Waals surface area contributed by atoms with Crippen molar-refractivity contribution in [3.63, 3.8) is 0 Å². The molecule has 0 bridgehead atoms. The van der Waals surface area contributed by atoms with Crippen LogP contribution in [0.3, 0.4) is 0 Å². The minimum Gasteiger partial charge on any atom is -0.376 e. The van der Waals surface area contributed by atoms with E-state index >= 15 is 0 Å². The van der Waals surface area contributed by atoms with Crippen LogP contribution >= 0.6 is 0 Å². The molecule has 0 amide bonds. The molecular formula is C29H42OSi. The van der Waals surface area contributed by atoms with Gasteiger partial charge in [0, 0.05) is 6.61 Å². The van der Waals surface area contributed by atoms with E-state index in [2.05, 4.69) is 75.8 Å². The summed E-state index contributed by atoms with van der Waals surface area (Å²) < 4.78 is 5.93. The summed E-state index contributed by atoms with van der Waals surface area (Å²) >= 11 is 0. The Morgan fingerprint density at radius 2 is 1.29 bits per heavy atom. The van der Waals surface area contributed by atoms with E-state index in [1.54, 1.807) is 22.3 Å². The third kappa shape index (κ3) is 5.17. The van der Waals surface area contributed by atoms with Gasteiger partial charge in [-0.25, -0.2) is 0 Å². The van der Waals surface area contributed by atoms with Crippen molar-refractivity contribution in [1.29, 1.82) is 0 Å². The largest absolute Gasteiger partial charge is 0.376 e. The minimum absolute atomic E-state index is 0.00276. The molecule has 2 aromatic rings. The first-order valence-corrected chi connectivity index (χ1v) is 15.5. The van der Waals surface area contributed by atoms with E-state index in [-0.39, 0.29) is 5.60 Å². The number of fused-ring (bicyclic) bond motifs is 2. The van der Waals surface area contributed by atoms with E-state index in [0.717, 1.165) is 17.7 Å². The number of rotatable bonds is 9. The van der Waals surface area contributed by atoms with Crippen LogP contribution in [0.2, 0.25) is 12.6 Å². The van der Waals surface area contributed by atoms with Crippen LogP contribution in [-0.2, 0) is 17.6 Å². The molecule has 0 spiro atoms. The van der Waals surface area contributed by atoms with Gasteiger partial charge in [0.05, 0.1) is 13.7 Å². The van der Waals surface area contributed by atoms with Crippen LogP contribution in [0.4, 0.5) is 0 Å². The highest BCUT2D eigenvalue weighted by Crippen LogP contribution is 2.51. The predicted octanol–water partition coefficient (Wildman–Crippen LogP) is 7.98. The molecule has 31 heavy (non-hydrogen) atoms. The summed E-state index contributed by atoms with van der Waals surface area (Å²) in [4.78, 5) is 0. The van der Waals surface area contributed by atoms with Crippen molar-refractivity contribution in [2.75, 3.05) is 6.61 Å². The molecule has 2 heteroatoms. The highest BCUT2D eigenvalue weighted by atomic mass is 28.3. The number of unbranched alkanes of at least 4 members (excludes halogenated alkanes) is 3. The van der Waals surface area contributed by atoms with Gasteiger partial charge in [-0.05, 0) is 86.2 Å². The van der Waals surface area contributed by atoms with Gasteiger partial charge in [-0.3, -0.25) is 0 Å². The Morgan fingerprint density at radius 3 is 1.84 bits per heavy atom. The second kappa shape index (κ2) is 9.63. The zero-order valence-corrected chi connectivity index (χ0v) is 21.3. The fourth-order valence-corrected chi connectivity index (χ4v) is 12.2. The Morgan fingerprint density at radius 1 is 0.774 bits per heavy atom. The Labute approximate surface area is 191 Å². The zero-order valence-electron chi connectivity index (χ0n) is 20.3. The van der Waals surface area contributed by atoms with Gasteiger partial charge in [0.1, 0.15) is 0 Å². The molecule has 0 radical (unpaired) electrons. The van der Waals surface area contributed by atoms with Gasteiger partial charge in [-0.15, -0.1) is 0 Å². The number of benzene rings is 2. The van der Waals surface area contributed by atoms with Gasteiger partial charge in [-0.2, -0.15) is 0 Å². The average Bonchev–Trinajstić information content (AvgIpc) is 3.37. The third-order valence-corrected chi connectivity index (χ3v) is 13.8. The summed E-state index contributed by atoms with van der Waals surface area (Å²) in [6, 6.07) is 20.2. The number of hydrogen-bond acceptors (Lipinski definition) is 1. The maximum Gasteiger partial charge on any atom is 0.0658 e. The molecule has 2 aliphatic carbocycles. The lowest BCUT2D eigenvalue weighted by Crippen LogP contribution is -2.44. The van der Waals surface area contributed by atoms with Crippen LogP contribution in [0.1, 0.15) is 92.6 Å². The van der Waals surface area contributed by atoms with Crippen molar-refractivity contribution >= 4 is 8.07 Å². The van der Waals surface area contributed by atoms with Gasteiger partial charge in [-0.1, -0.05) is 80.4 Å². The van der Waals surface area contributed by atoms with Crippen LogP contribution < -0.4 is 0 Å². The molecule has 0 saturated carbocycles. The van der Waals surface area contributed by atoms with Crippen LogP contribution in [0.15, 0.2) is 48.5 Å². The Hall–Kier alpha value is -1.38. The summed E-state index contributed by atoms with van der Waals surface area (Å²) in [5, 5.41) is 0. The summed E-state index contributed by atoms with van der Waals surface area (Å²) in [7, 11) is -1.52. The minimum atomic E-state index is -1.52. The second-order valence-corrected chi connectivity index (χ2v) is 16.1. The van der Waals surface area contributed by atoms with E-state index in [4.69, 9.17) is 4.74 Å². The van der Waals surface area contributed by atoms with Crippen molar-refractivity contribution in [1.82, 2.24) is 0 Å². The van der Waals surface area contributed by atoms with Gasteiger partial charge >= 0.3 is 0 Å². The summed E-state index contributed by atoms with van der Waals surface area (Å²) in [6.45, 7) is 10.1. The molecule has 0 aromatic heterocycles. The van der Waals surface area contributed by atoms with Gasteiger partial charge in [0.15, 0.2) is 0 Å². The smallest absolute Gasteiger partial charge is 0.0658 e. The van der Waals surface area contributed by atoms with Gasteiger partial charge in [0.2, 0.25) is 0 Å². The number of hydrogen-bond donors (Lipinski definition) is 0. The summed E-state index contributed by atoms with van der Waals surface area (Å²) in [5.41, 5.74) is 8.36. The SMILES string of the molecule is CC(C)(C)OCCCCCC[Si](C)(C1CCc2ccccc21)C1CCc2ccccc21. The lowest BCUT2D eigenvalue weighted by molar-refractivity contribution is -0.00471. The van der Waals surface area contributed by atoms with E-state index < -0.39 is 8.07 Å². The molecule has 2 aromatic carbocycles. The van der Waals surface area contributed by atoms with Crippen molar-refractivity contribution in [3.05, 3.63) is 70.8 Å². The van der Waals surface area contributed by atoms with E-state index in [1.165, 1.54) is 57.4 Å². The first-order valence-electron chi connectivity index (χ1n) is 12.7. The van der Waals surface area contributed by atoms with Crippen molar-refractivity contribution in [2.24, 2.45) is 0 Å². The van der Waals surface area contributed by atoms with Crippen LogP contribution in [0.25, 0.3) is 0 Å². The highest BCUT2D eigenvalue weighted by molar-refractivity contribution is 6.81. The Balaban J connectivity index is 1.46. The highest BCUT2D eigenvalue weighted by Gasteiger charge is 2.47. The standard InChI is InChI=1S/C29H42OSi/c1-29(2,3)30-21-11-5-6-12-22-31(4,27-19-17-23-13-7-9-15-25(23)27)28-20-18-24-14-8-10-16-26(24)28/h7-10,13-16,27-28H,5-6,11-12,17-22H2,1-4H3. The predicted molar refractivity (Wildman–Crippen MR) is 136 cm³/mol. The Bertz CT molecular complexity index is 810. The van der Waals surface area contributed by atoms with Crippen molar-refractivity contribution in [2.45, 2.75) is 101 Å².